The van der Waals surface area contributed by atoms with E-state index in [0.717, 1.165) is 11.6 Å². The number of benzene rings is 2. The fourth-order valence-corrected chi connectivity index (χ4v) is 2.83. The summed E-state index contributed by atoms with van der Waals surface area (Å²) in [6.07, 6.45) is -4.57. The molecule has 2 rings (SSSR count). The molecule has 0 unspecified atom stereocenters. The number of carbonyl (C=O) groups is 2. The van der Waals surface area contributed by atoms with Gasteiger partial charge in [-0.05, 0) is 42.3 Å². The average Bonchev–Trinajstić information content (AvgIpc) is 2.60. The number of halogens is 3. The number of rotatable bonds is 6. The van der Waals surface area contributed by atoms with Crippen LogP contribution < -0.4 is 10.6 Å². The van der Waals surface area contributed by atoms with Crippen LogP contribution in [0.2, 0.25) is 0 Å². The molecule has 0 bridgehead atoms. The van der Waals surface area contributed by atoms with Gasteiger partial charge in [0.2, 0.25) is 11.8 Å². The predicted octanol–water partition coefficient (Wildman–Crippen LogP) is 4.51. The molecule has 0 fully saturated rings. The second-order valence-electron chi connectivity index (χ2n) is 8.14. The van der Waals surface area contributed by atoms with Gasteiger partial charge in [0, 0.05) is 5.69 Å². The third kappa shape index (κ3) is 6.88. The third-order valence-corrected chi connectivity index (χ3v) is 4.37. The Morgan fingerprint density at radius 2 is 1.40 bits per heavy atom. The second-order valence-corrected chi connectivity index (χ2v) is 8.14. The highest BCUT2D eigenvalue weighted by Gasteiger charge is 2.33. The Balaban J connectivity index is 1.89. The Labute approximate surface area is 174 Å². The summed E-state index contributed by atoms with van der Waals surface area (Å²) in [7, 11) is 1.54. The summed E-state index contributed by atoms with van der Waals surface area (Å²) in [5.74, 6) is -0.971. The molecule has 0 atom stereocenters. The molecule has 0 heterocycles. The zero-order valence-corrected chi connectivity index (χ0v) is 17.4. The molecule has 5 nitrogen and oxygen atoms in total. The van der Waals surface area contributed by atoms with Crippen LogP contribution in [0.3, 0.4) is 0 Å². The van der Waals surface area contributed by atoms with E-state index >= 15 is 0 Å². The van der Waals surface area contributed by atoms with Gasteiger partial charge in [-0.15, -0.1) is 0 Å². The number of hydrogen-bond donors (Lipinski definition) is 2. The molecule has 0 saturated heterocycles. The molecule has 0 spiro atoms. The molecule has 0 aliphatic heterocycles. The lowest BCUT2D eigenvalue weighted by Crippen LogP contribution is -2.36. The van der Waals surface area contributed by atoms with Crippen LogP contribution in [-0.2, 0) is 21.2 Å². The Morgan fingerprint density at radius 3 is 1.93 bits per heavy atom. The topological polar surface area (TPSA) is 61.4 Å². The fraction of sp³-hybridized carbons (Fsp3) is 0.364. The van der Waals surface area contributed by atoms with Crippen LogP contribution in [-0.4, -0.2) is 36.9 Å². The number of nitrogens with zero attached hydrogens (tertiary/aromatic N) is 1. The zero-order chi connectivity index (χ0) is 22.5. The number of likely N-dealkylation sites (N-methyl/N-ethyl adjacent to an activating group) is 1. The second kappa shape index (κ2) is 9.30. The molecule has 0 aromatic heterocycles. The van der Waals surface area contributed by atoms with Crippen LogP contribution in [0.15, 0.2) is 48.5 Å². The molecule has 30 heavy (non-hydrogen) atoms. The zero-order valence-electron chi connectivity index (χ0n) is 17.4. The van der Waals surface area contributed by atoms with Crippen molar-refractivity contribution in [2.75, 3.05) is 30.8 Å². The molecule has 2 aromatic rings. The molecule has 0 aliphatic rings. The molecule has 8 heteroatoms. The van der Waals surface area contributed by atoms with E-state index in [0.29, 0.717) is 5.69 Å². The maximum Gasteiger partial charge on any atom is 0.418 e. The number of nitrogens with one attached hydrogen (secondary N) is 2. The third-order valence-electron chi connectivity index (χ3n) is 4.37. The standard InChI is InChI=1S/C22H26F3N3O2/c1-21(2,3)15-9-11-16(12-10-15)26-19(29)13-28(4)14-20(30)27-18-8-6-5-7-17(18)22(23,24)25/h5-12H,13-14H2,1-4H3,(H,26,29)(H,27,30). The van der Waals surface area contributed by atoms with Gasteiger partial charge in [0.05, 0.1) is 24.3 Å². The molecule has 2 N–H and O–H groups in total. The van der Waals surface area contributed by atoms with E-state index in [4.69, 9.17) is 0 Å². The highest BCUT2D eigenvalue weighted by molar-refractivity contribution is 5.95. The monoisotopic (exact) mass is 421 g/mol. The quantitative estimate of drug-likeness (QED) is 0.721. The lowest BCUT2D eigenvalue weighted by molar-refractivity contribution is -0.137. The highest BCUT2D eigenvalue weighted by atomic mass is 19.4. The van der Waals surface area contributed by atoms with Gasteiger partial charge in [-0.25, -0.2) is 0 Å². The first-order valence-corrected chi connectivity index (χ1v) is 9.41. The molecule has 0 saturated carbocycles. The van der Waals surface area contributed by atoms with Gasteiger partial charge < -0.3 is 10.6 Å². The van der Waals surface area contributed by atoms with Crippen molar-refractivity contribution in [3.63, 3.8) is 0 Å². The summed E-state index contributed by atoms with van der Waals surface area (Å²) in [6, 6.07) is 12.2. The molecular formula is C22H26F3N3O2. The largest absolute Gasteiger partial charge is 0.418 e. The Hall–Kier alpha value is -2.87. The van der Waals surface area contributed by atoms with Gasteiger partial charge >= 0.3 is 6.18 Å². The number of amides is 2. The SMILES string of the molecule is CN(CC(=O)Nc1ccc(C(C)(C)C)cc1)CC(=O)Nc1ccccc1C(F)(F)F. The minimum Gasteiger partial charge on any atom is -0.325 e. The van der Waals surface area contributed by atoms with Crippen LogP contribution in [0, 0.1) is 0 Å². The number of carbonyl (C=O) groups excluding carboxylic acids is 2. The molecule has 0 radical (unpaired) electrons. The van der Waals surface area contributed by atoms with Crippen molar-refractivity contribution < 1.29 is 22.8 Å². The molecule has 162 valence electrons. The number of anilines is 2. The molecule has 2 aromatic carbocycles. The first-order chi connectivity index (χ1) is 13.9. The summed E-state index contributed by atoms with van der Waals surface area (Å²) < 4.78 is 39.0. The summed E-state index contributed by atoms with van der Waals surface area (Å²) in [5.41, 5.74) is 0.531. The van der Waals surface area contributed by atoms with Crippen LogP contribution in [0.4, 0.5) is 24.5 Å². The summed E-state index contributed by atoms with van der Waals surface area (Å²) in [4.78, 5) is 25.7. The Kier molecular flexibility index (Phi) is 7.25. The lowest BCUT2D eigenvalue weighted by Gasteiger charge is -2.20. The fourth-order valence-electron chi connectivity index (χ4n) is 2.83. The van der Waals surface area contributed by atoms with Crippen LogP contribution in [0.5, 0.6) is 0 Å². The van der Waals surface area contributed by atoms with Gasteiger partial charge in [0.1, 0.15) is 0 Å². The van der Waals surface area contributed by atoms with E-state index in [9.17, 15) is 22.8 Å². The Morgan fingerprint density at radius 1 is 0.867 bits per heavy atom. The van der Waals surface area contributed by atoms with Crippen LogP contribution in [0.1, 0.15) is 31.9 Å². The maximum absolute atomic E-state index is 13.0. The van der Waals surface area contributed by atoms with Gasteiger partial charge in [0.15, 0.2) is 0 Å². The van der Waals surface area contributed by atoms with Crippen LogP contribution in [0.25, 0.3) is 0 Å². The van der Waals surface area contributed by atoms with E-state index in [-0.39, 0.29) is 30.1 Å². The predicted molar refractivity (Wildman–Crippen MR) is 111 cm³/mol. The van der Waals surface area contributed by atoms with E-state index < -0.39 is 17.6 Å². The van der Waals surface area contributed by atoms with Crippen molar-refractivity contribution in [3.05, 3.63) is 59.7 Å². The van der Waals surface area contributed by atoms with Gasteiger partial charge in [-0.1, -0.05) is 45.0 Å². The van der Waals surface area contributed by atoms with Gasteiger partial charge in [0.25, 0.3) is 0 Å². The molecular weight excluding hydrogens is 395 g/mol. The summed E-state index contributed by atoms with van der Waals surface area (Å²) >= 11 is 0. The summed E-state index contributed by atoms with van der Waals surface area (Å²) in [6.45, 7) is 5.95. The van der Waals surface area contributed by atoms with Crippen molar-refractivity contribution in [1.82, 2.24) is 4.90 Å². The lowest BCUT2D eigenvalue weighted by atomic mass is 9.87. The first-order valence-electron chi connectivity index (χ1n) is 9.41. The Bertz CT molecular complexity index is 888. The average molecular weight is 421 g/mol. The highest BCUT2D eigenvalue weighted by Crippen LogP contribution is 2.34. The van der Waals surface area contributed by atoms with Gasteiger partial charge in [-0.2, -0.15) is 13.2 Å². The van der Waals surface area contributed by atoms with Crippen molar-refractivity contribution in [3.8, 4) is 0 Å². The van der Waals surface area contributed by atoms with E-state index in [2.05, 4.69) is 31.4 Å². The normalized spacial score (nSPS) is 12.0. The van der Waals surface area contributed by atoms with Crippen molar-refractivity contribution in [1.29, 1.82) is 0 Å². The van der Waals surface area contributed by atoms with E-state index in [1.54, 1.807) is 12.1 Å². The van der Waals surface area contributed by atoms with E-state index in [1.165, 1.54) is 30.1 Å². The minimum absolute atomic E-state index is 0.000845. The van der Waals surface area contributed by atoms with E-state index in [1.807, 2.05) is 12.1 Å². The molecule has 2 amide bonds. The van der Waals surface area contributed by atoms with Crippen LogP contribution >= 0.6 is 0 Å². The van der Waals surface area contributed by atoms with Crippen molar-refractivity contribution in [2.45, 2.75) is 32.4 Å². The first kappa shape index (κ1) is 23.4. The minimum atomic E-state index is -4.57. The maximum atomic E-state index is 13.0. The number of para-hydroxylation sites is 1. The molecule has 0 aliphatic carbocycles. The summed E-state index contributed by atoms with van der Waals surface area (Å²) in [5, 5.41) is 5.00. The number of hydrogen-bond acceptors (Lipinski definition) is 3. The van der Waals surface area contributed by atoms with Gasteiger partial charge in [-0.3, -0.25) is 14.5 Å². The number of alkyl halides is 3. The smallest absolute Gasteiger partial charge is 0.325 e. The van der Waals surface area contributed by atoms with Crippen molar-refractivity contribution >= 4 is 23.2 Å². The van der Waals surface area contributed by atoms with Crippen molar-refractivity contribution in [2.24, 2.45) is 0 Å².